The van der Waals surface area contributed by atoms with E-state index in [-0.39, 0.29) is 0 Å². The second-order valence-electron chi connectivity index (χ2n) is 13.0. The number of aromatic nitrogens is 3. The molecule has 1 aromatic heterocycles. The third kappa shape index (κ3) is 4.29. The molecular weight excluding hydrogens is 621 g/mol. The van der Waals surface area contributed by atoms with Gasteiger partial charge in [-0.3, -0.25) is 0 Å². The highest BCUT2D eigenvalue weighted by atomic mass is 15.0. The van der Waals surface area contributed by atoms with Crippen LogP contribution in [-0.4, -0.2) is 15.0 Å². The van der Waals surface area contributed by atoms with Crippen LogP contribution < -0.4 is 0 Å². The van der Waals surface area contributed by atoms with Gasteiger partial charge in [-0.05, 0) is 67.8 Å². The van der Waals surface area contributed by atoms with Crippen molar-refractivity contribution in [3.05, 3.63) is 204 Å². The molecule has 0 N–H and O–H groups in total. The van der Waals surface area contributed by atoms with E-state index < -0.39 is 5.41 Å². The number of benzene rings is 7. The van der Waals surface area contributed by atoms with Crippen LogP contribution in [0.15, 0.2) is 170 Å². The summed E-state index contributed by atoms with van der Waals surface area (Å²) < 4.78 is 0. The molecular formula is C47H28N4. The summed E-state index contributed by atoms with van der Waals surface area (Å²) in [5, 5.41) is 0. The number of rotatable bonds is 4. The zero-order chi connectivity index (χ0) is 33.9. The third-order valence-corrected chi connectivity index (χ3v) is 10.4. The molecule has 1 heterocycles. The molecule has 4 heteroatoms. The van der Waals surface area contributed by atoms with Gasteiger partial charge in [0.2, 0.25) is 0 Å². The molecule has 0 fully saturated rings. The van der Waals surface area contributed by atoms with Crippen LogP contribution in [0.25, 0.3) is 72.4 Å². The summed E-state index contributed by atoms with van der Waals surface area (Å²) in [6, 6.07) is 59.1. The number of hydrogen-bond donors (Lipinski definition) is 0. The number of hydrogen-bond acceptors (Lipinski definition) is 3. The lowest BCUT2D eigenvalue weighted by Gasteiger charge is -2.30. The minimum atomic E-state index is -0.491. The van der Waals surface area contributed by atoms with Crippen LogP contribution >= 0.6 is 0 Å². The molecule has 2 aliphatic rings. The fourth-order valence-electron chi connectivity index (χ4n) is 8.26. The molecule has 0 radical (unpaired) electrons. The smallest absolute Gasteiger partial charge is 0.187 e. The molecule has 0 amide bonds. The Balaban J connectivity index is 1.20. The summed E-state index contributed by atoms with van der Waals surface area (Å²) in [5.74, 6) is 1.88. The first kappa shape index (κ1) is 29.0. The highest BCUT2D eigenvalue weighted by molar-refractivity contribution is 6.00. The molecule has 236 valence electrons. The lowest BCUT2D eigenvalue weighted by Crippen LogP contribution is -2.25. The average molecular weight is 649 g/mol. The van der Waals surface area contributed by atoms with Crippen molar-refractivity contribution in [1.82, 2.24) is 15.0 Å². The summed E-state index contributed by atoms with van der Waals surface area (Å²) in [7, 11) is 0. The van der Waals surface area contributed by atoms with Gasteiger partial charge < -0.3 is 0 Å². The summed E-state index contributed by atoms with van der Waals surface area (Å²) >= 11 is 0. The third-order valence-electron chi connectivity index (χ3n) is 10.4. The van der Waals surface area contributed by atoms with E-state index in [1.54, 1.807) is 0 Å². The van der Waals surface area contributed by atoms with Crippen molar-refractivity contribution in [1.29, 1.82) is 0 Å². The van der Waals surface area contributed by atoms with Crippen molar-refractivity contribution in [2.45, 2.75) is 5.41 Å². The normalized spacial score (nSPS) is 12.8. The van der Waals surface area contributed by atoms with Gasteiger partial charge in [-0.2, -0.15) is 0 Å². The zero-order valence-corrected chi connectivity index (χ0v) is 27.5. The predicted molar refractivity (Wildman–Crippen MR) is 204 cm³/mol. The summed E-state index contributed by atoms with van der Waals surface area (Å²) in [4.78, 5) is 18.8. The lowest BCUT2D eigenvalue weighted by molar-refractivity contribution is 0.794. The highest BCUT2D eigenvalue weighted by Gasteiger charge is 2.52. The van der Waals surface area contributed by atoms with E-state index in [0.29, 0.717) is 23.2 Å². The molecule has 8 aromatic rings. The van der Waals surface area contributed by atoms with Crippen molar-refractivity contribution in [3.8, 4) is 67.5 Å². The Morgan fingerprint density at radius 2 is 0.843 bits per heavy atom. The SMILES string of the molecule is [C-]#[N+]c1ccc2c(c1)-c1c(-c3cccc(-c4nc(-c5ccccc5)nc(-c5ccccc5)n4)c3)cccc1C21c2ccccc2-c2ccccc21. The monoisotopic (exact) mass is 648 g/mol. The molecule has 0 atom stereocenters. The van der Waals surface area contributed by atoms with E-state index in [4.69, 9.17) is 21.5 Å². The molecule has 4 nitrogen and oxygen atoms in total. The van der Waals surface area contributed by atoms with Crippen molar-refractivity contribution >= 4 is 5.69 Å². The van der Waals surface area contributed by atoms with Gasteiger partial charge in [-0.15, -0.1) is 0 Å². The Bertz CT molecular complexity index is 2600. The van der Waals surface area contributed by atoms with Crippen molar-refractivity contribution in [3.63, 3.8) is 0 Å². The van der Waals surface area contributed by atoms with Gasteiger partial charge in [-0.25, -0.2) is 19.8 Å². The van der Waals surface area contributed by atoms with Crippen LogP contribution in [0.1, 0.15) is 22.3 Å². The van der Waals surface area contributed by atoms with E-state index in [0.717, 1.165) is 38.9 Å². The Labute approximate surface area is 296 Å². The fourth-order valence-corrected chi connectivity index (χ4v) is 8.26. The van der Waals surface area contributed by atoms with Crippen LogP contribution in [0.2, 0.25) is 0 Å². The first-order valence-corrected chi connectivity index (χ1v) is 17.1. The van der Waals surface area contributed by atoms with Gasteiger partial charge in [-0.1, -0.05) is 158 Å². The quantitative estimate of drug-likeness (QED) is 0.178. The highest BCUT2D eigenvalue weighted by Crippen LogP contribution is 2.64. The van der Waals surface area contributed by atoms with Crippen LogP contribution in [0, 0.1) is 6.57 Å². The maximum atomic E-state index is 7.93. The largest absolute Gasteiger partial charge is 0.238 e. The summed E-state index contributed by atoms with van der Waals surface area (Å²) in [6.07, 6.45) is 0. The van der Waals surface area contributed by atoms with Gasteiger partial charge in [0.15, 0.2) is 23.2 Å². The van der Waals surface area contributed by atoms with Crippen molar-refractivity contribution < 1.29 is 0 Å². The molecule has 0 aliphatic heterocycles. The second-order valence-corrected chi connectivity index (χ2v) is 13.0. The molecule has 10 rings (SSSR count). The Morgan fingerprint density at radius 1 is 0.373 bits per heavy atom. The van der Waals surface area contributed by atoms with Crippen LogP contribution in [0.5, 0.6) is 0 Å². The van der Waals surface area contributed by atoms with Crippen molar-refractivity contribution in [2.75, 3.05) is 0 Å². The van der Waals surface area contributed by atoms with Gasteiger partial charge in [0, 0.05) is 16.7 Å². The Kier molecular flexibility index (Phi) is 6.43. The number of nitrogens with zero attached hydrogens (tertiary/aromatic N) is 4. The minimum Gasteiger partial charge on any atom is -0.238 e. The van der Waals surface area contributed by atoms with Crippen molar-refractivity contribution in [2.24, 2.45) is 0 Å². The van der Waals surface area contributed by atoms with Crippen LogP contribution in [-0.2, 0) is 5.41 Å². The van der Waals surface area contributed by atoms with Crippen LogP contribution in [0.4, 0.5) is 5.69 Å². The van der Waals surface area contributed by atoms with E-state index in [1.165, 1.54) is 33.4 Å². The number of fused-ring (bicyclic) bond motifs is 10. The zero-order valence-electron chi connectivity index (χ0n) is 27.5. The van der Waals surface area contributed by atoms with Gasteiger partial charge in [0.25, 0.3) is 0 Å². The van der Waals surface area contributed by atoms with Gasteiger partial charge >= 0.3 is 0 Å². The molecule has 2 aliphatic carbocycles. The van der Waals surface area contributed by atoms with Gasteiger partial charge in [0.05, 0.1) is 12.0 Å². The summed E-state index contributed by atoms with van der Waals surface area (Å²) in [5.41, 5.74) is 14.9. The maximum absolute atomic E-state index is 7.93. The standard InChI is InChI=1S/C47H28N4/c1-48-34-26-27-41-38(29-34)43-35(22-13-25-42(43)47(41)39-23-10-8-20-36(39)37-21-9-11-24-40(37)47)32-18-12-19-33(28-32)46-50-44(30-14-4-2-5-15-30)49-45(51-46)31-16-6-3-7-17-31/h2-29H. The molecule has 0 saturated heterocycles. The second kappa shape index (κ2) is 11.3. The fraction of sp³-hybridized carbons (Fsp3) is 0.0213. The van der Waals surface area contributed by atoms with E-state index in [1.807, 2.05) is 66.7 Å². The molecule has 7 aromatic carbocycles. The minimum absolute atomic E-state index is 0.491. The summed E-state index contributed by atoms with van der Waals surface area (Å²) in [6.45, 7) is 7.93. The molecule has 0 saturated carbocycles. The lowest BCUT2D eigenvalue weighted by atomic mass is 9.70. The predicted octanol–water partition coefficient (Wildman–Crippen LogP) is 11.4. The van der Waals surface area contributed by atoms with Gasteiger partial charge in [0.1, 0.15) is 0 Å². The molecule has 1 spiro atoms. The first-order chi connectivity index (χ1) is 25.2. The maximum Gasteiger partial charge on any atom is 0.187 e. The first-order valence-electron chi connectivity index (χ1n) is 17.1. The van der Waals surface area contributed by atoms with Crippen LogP contribution in [0.3, 0.4) is 0 Å². The Hall–Kier alpha value is -6.96. The molecule has 0 bridgehead atoms. The molecule has 0 unspecified atom stereocenters. The average Bonchev–Trinajstić information content (AvgIpc) is 3.68. The van der Waals surface area contributed by atoms with E-state index in [2.05, 4.69) is 108 Å². The van der Waals surface area contributed by atoms with E-state index in [9.17, 15) is 0 Å². The molecule has 51 heavy (non-hydrogen) atoms. The van der Waals surface area contributed by atoms with E-state index >= 15 is 0 Å². The Morgan fingerprint density at radius 3 is 1.47 bits per heavy atom. The topological polar surface area (TPSA) is 43.0 Å².